The number of hydrogen-bond donors (Lipinski definition) is 1. The van der Waals surface area contributed by atoms with E-state index in [0.717, 1.165) is 31.8 Å². The maximum atomic E-state index is 12.1. The average Bonchev–Trinajstić information content (AvgIpc) is 2.27. The zero-order chi connectivity index (χ0) is 13.9. The minimum Gasteiger partial charge on any atom is -0.343 e. The molecule has 2 N–H and O–H groups in total. The highest BCUT2D eigenvalue weighted by Crippen LogP contribution is 2.34. The normalized spacial score (nSPS) is 20.3. The molecule has 0 saturated carbocycles. The van der Waals surface area contributed by atoms with Crippen LogP contribution >= 0.6 is 0 Å². The Balaban J connectivity index is 2.41. The predicted octanol–water partition coefficient (Wildman–Crippen LogP) is 2.64. The van der Waals surface area contributed by atoms with Crippen molar-refractivity contribution in [1.29, 1.82) is 0 Å². The fraction of sp³-hybridized carbons (Fsp3) is 0.933. The monoisotopic (exact) mass is 254 g/mol. The number of nitrogens with zero attached hydrogens (tertiary/aromatic N) is 1. The maximum absolute atomic E-state index is 12.1. The van der Waals surface area contributed by atoms with Crippen molar-refractivity contribution in [3.05, 3.63) is 0 Å². The van der Waals surface area contributed by atoms with Gasteiger partial charge in [0, 0.05) is 25.6 Å². The maximum Gasteiger partial charge on any atom is 0.224 e. The molecule has 0 radical (unpaired) electrons. The first kappa shape index (κ1) is 15.5. The quantitative estimate of drug-likeness (QED) is 0.841. The van der Waals surface area contributed by atoms with Gasteiger partial charge in [-0.05, 0) is 30.1 Å². The van der Waals surface area contributed by atoms with Crippen molar-refractivity contribution in [3.63, 3.8) is 0 Å². The van der Waals surface area contributed by atoms with Gasteiger partial charge in [0.2, 0.25) is 5.91 Å². The van der Waals surface area contributed by atoms with Crippen LogP contribution in [0.2, 0.25) is 0 Å². The van der Waals surface area contributed by atoms with Crippen LogP contribution in [0, 0.1) is 17.3 Å². The van der Waals surface area contributed by atoms with E-state index < -0.39 is 0 Å². The van der Waals surface area contributed by atoms with Gasteiger partial charge in [0.1, 0.15) is 0 Å². The molecule has 3 heteroatoms. The molecule has 1 aliphatic rings. The Morgan fingerprint density at radius 1 is 1.28 bits per heavy atom. The molecule has 0 aliphatic carbocycles. The van der Waals surface area contributed by atoms with Crippen LogP contribution in [0.4, 0.5) is 0 Å². The lowest BCUT2D eigenvalue weighted by Gasteiger charge is -2.39. The lowest BCUT2D eigenvalue weighted by molar-refractivity contribution is -0.133. The summed E-state index contributed by atoms with van der Waals surface area (Å²) in [5.41, 5.74) is 6.34. The lowest BCUT2D eigenvalue weighted by atomic mass is 9.75. The Morgan fingerprint density at radius 2 is 1.78 bits per heavy atom. The molecular weight excluding hydrogens is 224 g/mol. The number of piperidine rings is 1. The molecular formula is C15H30N2O. The summed E-state index contributed by atoms with van der Waals surface area (Å²) in [4.78, 5) is 14.1. The minimum absolute atomic E-state index is 0.00200. The van der Waals surface area contributed by atoms with Gasteiger partial charge in [-0.2, -0.15) is 0 Å². The largest absolute Gasteiger partial charge is 0.343 e. The number of rotatable bonds is 3. The second-order valence-corrected chi connectivity index (χ2v) is 7.13. The van der Waals surface area contributed by atoms with Crippen molar-refractivity contribution in [1.82, 2.24) is 4.90 Å². The summed E-state index contributed by atoms with van der Waals surface area (Å²) in [5, 5.41) is 0. The van der Waals surface area contributed by atoms with Gasteiger partial charge in [0.05, 0.1) is 0 Å². The van der Waals surface area contributed by atoms with Crippen LogP contribution in [0.15, 0.2) is 0 Å². The highest BCUT2D eigenvalue weighted by atomic mass is 16.2. The summed E-state index contributed by atoms with van der Waals surface area (Å²) in [5.74, 6) is 1.35. The zero-order valence-corrected chi connectivity index (χ0v) is 12.7. The van der Waals surface area contributed by atoms with Crippen LogP contribution in [-0.2, 0) is 4.79 Å². The number of hydrogen-bond acceptors (Lipinski definition) is 2. The number of carbonyl (C=O) groups is 1. The smallest absolute Gasteiger partial charge is 0.224 e. The first-order valence-electron chi connectivity index (χ1n) is 7.25. The van der Waals surface area contributed by atoms with Crippen molar-refractivity contribution in [2.45, 2.75) is 59.9 Å². The van der Waals surface area contributed by atoms with Crippen molar-refractivity contribution in [2.24, 2.45) is 23.0 Å². The molecule has 1 amide bonds. The van der Waals surface area contributed by atoms with Crippen molar-refractivity contribution >= 4 is 5.91 Å². The molecule has 1 fully saturated rings. The van der Waals surface area contributed by atoms with E-state index in [1.807, 2.05) is 4.90 Å². The van der Waals surface area contributed by atoms with Crippen LogP contribution in [0.1, 0.15) is 53.9 Å². The first-order valence-corrected chi connectivity index (χ1v) is 7.25. The van der Waals surface area contributed by atoms with Gasteiger partial charge in [0.15, 0.2) is 0 Å². The molecule has 1 unspecified atom stereocenters. The lowest BCUT2D eigenvalue weighted by Crippen LogP contribution is -2.44. The topological polar surface area (TPSA) is 46.3 Å². The highest BCUT2D eigenvalue weighted by Gasteiger charge is 2.30. The summed E-state index contributed by atoms with van der Waals surface area (Å²) >= 11 is 0. The number of amides is 1. The van der Waals surface area contributed by atoms with Gasteiger partial charge < -0.3 is 10.6 Å². The molecule has 18 heavy (non-hydrogen) atoms. The molecule has 1 rings (SSSR count). The van der Waals surface area contributed by atoms with Crippen LogP contribution in [0.25, 0.3) is 0 Å². The Labute approximate surface area is 112 Å². The molecule has 0 bridgehead atoms. The van der Waals surface area contributed by atoms with Crippen molar-refractivity contribution in [2.75, 3.05) is 13.1 Å². The summed E-state index contributed by atoms with van der Waals surface area (Å²) in [7, 11) is 0. The molecule has 0 aromatic rings. The van der Waals surface area contributed by atoms with Gasteiger partial charge in [-0.3, -0.25) is 4.79 Å². The Bertz CT molecular complexity index is 273. The van der Waals surface area contributed by atoms with E-state index in [-0.39, 0.29) is 11.9 Å². The van der Waals surface area contributed by atoms with Gasteiger partial charge in [-0.25, -0.2) is 0 Å². The Hall–Kier alpha value is -0.570. The molecule has 0 aromatic carbocycles. The second-order valence-electron chi connectivity index (χ2n) is 7.13. The summed E-state index contributed by atoms with van der Waals surface area (Å²) in [6.07, 6.45) is 2.76. The third kappa shape index (κ3) is 4.27. The van der Waals surface area contributed by atoms with Gasteiger partial charge in [-0.1, -0.05) is 34.6 Å². The van der Waals surface area contributed by atoms with E-state index in [1.54, 1.807) is 0 Å². The molecule has 3 nitrogen and oxygen atoms in total. The van der Waals surface area contributed by atoms with E-state index in [2.05, 4.69) is 34.6 Å². The molecule has 0 spiro atoms. The van der Waals surface area contributed by atoms with Gasteiger partial charge in [0.25, 0.3) is 0 Å². The number of carbonyl (C=O) groups excluding carboxylic acids is 1. The van der Waals surface area contributed by atoms with Crippen molar-refractivity contribution < 1.29 is 4.79 Å². The minimum atomic E-state index is -0.00200. The Morgan fingerprint density at radius 3 is 2.17 bits per heavy atom. The van der Waals surface area contributed by atoms with Crippen LogP contribution < -0.4 is 5.73 Å². The van der Waals surface area contributed by atoms with E-state index in [4.69, 9.17) is 5.73 Å². The summed E-state index contributed by atoms with van der Waals surface area (Å²) in [6, 6.07) is -0.00200. The third-order valence-corrected chi connectivity index (χ3v) is 4.34. The van der Waals surface area contributed by atoms with Crippen LogP contribution in [0.5, 0.6) is 0 Å². The fourth-order valence-electron chi connectivity index (χ4n) is 2.56. The molecule has 1 atom stereocenters. The van der Waals surface area contributed by atoms with E-state index in [0.29, 0.717) is 17.8 Å². The zero-order valence-electron chi connectivity index (χ0n) is 12.7. The van der Waals surface area contributed by atoms with Gasteiger partial charge >= 0.3 is 0 Å². The van der Waals surface area contributed by atoms with Gasteiger partial charge in [-0.15, -0.1) is 0 Å². The van der Waals surface area contributed by atoms with Crippen LogP contribution in [0.3, 0.4) is 0 Å². The SMILES string of the molecule is CC(C)C(N)CC(=O)N1CCC(C(C)(C)C)CC1. The Kier molecular flexibility index (Phi) is 5.20. The standard InChI is InChI=1S/C15H30N2O/c1-11(2)13(16)10-14(18)17-8-6-12(7-9-17)15(3,4)5/h11-13H,6-10,16H2,1-5H3. The molecule has 1 heterocycles. The third-order valence-electron chi connectivity index (χ3n) is 4.34. The second kappa shape index (κ2) is 6.05. The molecule has 106 valence electrons. The van der Waals surface area contributed by atoms with E-state index >= 15 is 0 Å². The molecule has 1 aliphatic heterocycles. The highest BCUT2D eigenvalue weighted by molar-refractivity contribution is 5.76. The van der Waals surface area contributed by atoms with Crippen molar-refractivity contribution in [3.8, 4) is 0 Å². The fourth-order valence-corrected chi connectivity index (χ4v) is 2.56. The van der Waals surface area contributed by atoms with E-state index in [9.17, 15) is 4.79 Å². The summed E-state index contributed by atoms with van der Waals surface area (Å²) < 4.78 is 0. The molecule has 0 aromatic heterocycles. The number of likely N-dealkylation sites (tertiary alicyclic amines) is 1. The number of nitrogens with two attached hydrogens (primary N) is 1. The van der Waals surface area contributed by atoms with E-state index in [1.165, 1.54) is 0 Å². The predicted molar refractivity (Wildman–Crippen MR) is 76.2 cm³/mol. The first-order chi connectivity index (χ1) is 8.21. The van der Waals surface area contributed by atoms with Crippen LogP contribution in [-0.4, -0.2) is 29.9 Å². The summed E-state index contributed by atoms with van der Waals surface area (Å²) in [6.45, 7) is 12.8. The molecule has 1 saturated heterocycles. The average molecular weight is 254 g/mol.